The van der Waals surface area contributed by atoms with Crippen molar-refractivity contribution >= 4 is 22.4 Å². The fourth-order valence-corrected chi connectivity index (χ4v) is 3.82. The molecule has 5 nitrogen and oxygen atoms in total. The van der Waals surface area contributed by atoms with Crippen LogP contribution in [-0.4, -0.2) is 54.2 Å². The Morgan fingerprint density at radius 1 is 1.35 bits per heavy atom. The smallest absolute Gasteiger partial charge is 0.347 e. The van der Waals surface area contributed by atoms with Crippen molar-refractivity contribution in [2.45, 2.75) is 37.6 Å². The van der Waals surface area contributed by atoms with Crippen LogP contribution in [0.5, 0.6) is 0 Å². The zero-order valence-corrected chi connectivity index (χ0v) is 12.8. The van der Waals surface area contributed by atoms with Gasteiger partial charge in [-0.2, -0.15) is 0 Å². The summed E-state index contributed by atoms with van der Waals surface area (Å²) in [5, 5.41) is 10.2. The van der Waals surface area contributed by atoms with Gasteiger partial charge in [-0.1, -0.05) is 11.3 Å². The van der Waals surface area contributed by atoms with E-state index in [1.165, 1.54) is 11.3 Å². The molecular formula is C14H21N3O2S. The molecule has 1 aromatic rings. The first-order valence-corrected chi connectivity index (χ1v) is 8.03. The van der Waals surface area contributed by atoms with Crippen molar-refractivity contribution in [3.8, 4) is 0 Å². The fourth-order valence-electron chi connectivity index (χ4n) is 2.80. The highest BCUT2D eigenvalue weighted by atomic mass is 32.1. The van der Waals surface area contributed by atoms with Gasteiger partial charge in [0.1, 0.15) is 4.88 Å². The third-order valence-corrected chi connectivity index (χ3v) is 5.49. The normalized spacial score (nSPS) is 21.1. The zero-order valence-electron chi connectivity index (χ0n) is 12.0. The summed E-state index contributed by atoms with van der Waals surface area (Å²) in [6.07, 6.45) is 4.41. The number of carboxylic acids is 1. The number of piperidine rings is 1. The summed E-state index contributed by atoms with van der Waals surface area (Å²) in [5.74, 6) is -0.440. The summed E-state index contributed by atoms with van der Waals surface area (Å²) in [5.41, 5.74) is 0.817. The van der Waals surface area contributed by atoms with E-state index in [9.17, 15) is 9.90 Å². The molecule has 0 unspecified atom stereocenters. The SMILES string of the molecule is CN1CCC(N(C)c2nc(C3CC3)c(C(=O)O)s2)CC1. The third-order valence-electron chi connectivity index (χ3n) is 4.34. The predicted octanol–water partition coefficient (Wildman–Crippen LogP) is 2.25. The highest BCUT2D eigenvalue weighted by Gasteiger charge is 2.33. The number of likely N-dealkylation sites (tertiary alicyclic amines) is 1. The molecule has 1 aliphatic heterocycles. The first-order chi connectivity index (χ1) is 9.56. The molecule has 0 spiro atoms. The number of aromatic nitrogens is 1. The van der Waals surface area contributed by atoms with Crippen molar-refractivity contribution in [1.82, 2.24) is 9.88 Å². The highest BCUT2D eigenvalue weighted by molar-refractivity contribution is 7.17. The summed E-state index contributed by atoms with van der Waals surface area (Å²) in [4.78, 5) is 21.0. The van der Waals surface area contributed by atoms with Crippen LogP contribution in [0.1, 0.15) is 47.0 Å². The van der Waals surface area contributed by atoms with Crippen LogP contribution in [0.25, 0.3) is 0 Å². The van der Waals surface area contributed by atoms with Crippen molar-refractivity contribution in [2.75, 3.05) is 32.1 Å². The second-order valence-corrected chi connectivity index (χ2v) is 6.91. The van der Waals surface area contributed by atoms with E-state index in [0.29, 0.717) is 16.8 Å². The lowest BCUT2D eigenvalue weighted by molar-refractivity contribution is 0.0700. The number of nitrogens with zero attached hydrogens (tertiary/aromatic N) is 3. The average molecular weight is 295 g/mol. The van der Waals surface area contributed by atoms with Crippen LogP contribution in [0.4, 0.5) is 5.13 Å². The number of hydrogen-bond donors (Lipinski definition) is 1. The van der Waals surface area contributed by atoms with E-state index >= 15 is 0 Å². The Morgan fingerprint density at radius 2 is 2.00 bits per heavy atom. The maximum absolute atomic E-state index is 11.4. The first kappa shape index (κ1) is 13.8. The van der Waals surface area contributed by atoms with E-state index in [4.69, 9.17) is 0 Å². The minimum Gasteiger partial charge on any atom is -0.477 e. The van der Waals surface area contributed by atoms with E-state index < -0.39 is 5.97 Å². The molecule has 2 aliphatic rings. The molecule has 2 fully saturated rings. The molecule has 0 atom stereocenters. The minimum absolute atomic E-state index is 0.386. The standard InChI is InChI=1S/C14H21N3O2S/c1-16-7-5-10(6-8-16)17(2)14-15-11(9-3-4-9)12(20-14)13(18)19/h9-10H,3-8H2,1-2H3,(H,18,19). The van der Waals surface area contributed by atoms with Gasteiger partial charge in [0.05, 0.1) is 5.69 Å². The molecular weight excluding hydrogens is 274 g/mol. The third kappa shape index (κ3) is 2.67. The van der Waals surface area contributed by atoms with Crippen molar-refractivity contribution in [2.24, 2.45) is 0 Å². The molecule has 1 N–H and O–H groups in total. The van der Waals surface area contributed by atoms with Gasteiger partial charge < -0.3 is 14.9 Å². The second kappa shape index (κ2) is 5.33. The summed E-state index contributed by atoms with van der Waals surface area (Å²) in [6, 6.07) is 0.478. The number of anilines is 1. The molecule has 0 bridgehead atoms. The molecule has 1 saturated heterocycles. The van der Waals surface area contributed by atoms with Crippen LogP contribution in [0.2, 0.25) is 0 Å². The Balaban J connectivity index is 1.79. The maximum Gasteiger partial charge on any atom is 0.347 e. The molecule has 2 heterocycles. The molecule has 1 aromatic heterocycles. The van der Waals surface area contributed by atoms with Crippen LogP contribution in [0, 0.1) is 0 Å². The molecule has 1 saturated carbocycles. The average Bonchev–Trinajstić information content (AvgIpc) is 3.17. The summed E-state index contributed by atoms with van der Waals surface area (Å²) < 4.78 is 0. The second-order valence-electron chi connectivity index (χ2n) is 5.94. The van der Waals surface area contributed by atoms with Gasteiger partial charge in [0, 0.05) is 19.0 Å². The molecule has 3 rings (SSSR count). The quantitative estimate of drug-likeness (QED) is 0.923. The van der Waals surface area contributed by atoms with Crippen LogP contribution in [0.15, 0.2) is 0 Å². The molecule has 0 radical (unpaired) electrons. The first-order valence-electron chi connectivity index (χ1n) is 7.21. The van der Waals surface area contributed by atoms with E-state index in [2.05, 4.69) is 28.9 Å². The molecule has 0 aromatic carbocycles. The number of aromatic carboxylic acids is 1. The lowest BCUT2D eigenvalue weighted by Crippen LogP contribution is -2.41. The summed E-state index contributed by atoms with van der Waals surface area (Å²) >= 11 is 1.34. The topological polar surface area (TPSA) is 56.7 Å². The maximum atomic E-state index is 11.4. The lowest BCUT2D eigenvalue weighted by Gasteiger charge is -2.34. The van der Waals surface area contributed by atoms with Gasteiger partial charge in [0.15, 0.2) is 5.13 Å². The number of rotatable bonds is 4. The van der Waals surface area contributed by atoms with E-state index in [-0.39, 0.29) is 0 Å². The Labute approximate surface area is 123 Å². The predicted molar refractivity (Wildman–Crippen MR) is 80.0 cm³/mol. The van der Waals surface area contributed by atoms with E-state index in [0.717, 1.165) is 49.6 Å². The number of thiazole rings is 1. The van der Waals surface area contributed by atoms with Gasteiger partial charge in [0.2, 0.25) is 0 Å². The summed E-state index contributed by atoms with van der Waals surface area (Å²) in [6.45, 7) is 2.20. The highest BCUT2D eigenvalue weighted by Crippen LogP contribution is 2.44. The van der Waals surface area contributed by atoms with Crippen molar-refractivity contribution in [1.29, 1.82) is 0 Å². The van der Waals surface area contributed by atoms with Gasteiger partial charge in [-0.25, -0.2) is 9.78 Å². The molecule has 20 heavy (non-hydrogen) atoms. The van der Waals surface area contributed by atoms with Crippen LogP contribution < -0.4 is 4.90 Å². The summed E-state index contributed by atoms with van der Waals surface area (Å²) in [7, 11) is 4.20. The Morgan fingerprint density at radius 3 is 2.55 bits per heavy atom. The Bertz CT molecular complexity index is 505. The van der Waals surface area contributed by atoms with Crippen molar-refractivity contribution in [3.63, 3.8) is 0 Å². The van der Waals surface area contributed by atoms with Crippen molar-refractivity contribution in [3.05, 3.63) is 10.6 Å². The number of carbonyl (C=O) groups is 1. The Kier molecular flexibility index (Phi) is 3.69. The molecule has 0 amide bonds. The van der Waals surface area contributed by atoms with Gasteiger partial charge in [-0.3, -0.25) is 0 Å². The van der Waals surface area contributed by atoms with E-state index in [1.807, 2.05) is 0 Å². The van der Waals surface area contributed by atoms with Gasteiger partial charge in [-0.05, 0) is 45.8 Å². The van der Waals surface area contributed by atoms with Crippen LogP contribution in [-0.2, 0) is 0 Å². The molecule has 6 heteroatoms. The van der Waals surface area contributed by atoms with Crippen LogP contribution in [0.3, 0.4) is 0 Å². The number of hydrogen-bond acceptors (Lipinski definition) is 5. The minimum atomic E-state index is -0.826. The lowest BCUT2D eigenvalue weighted by atomic mass is 10.0. The van der Waals surface area contributed by atoms with Crippen LogP contribution >= 0.6 is 11.3 Å². The number of carboxylic acid groups (broad SMARTS) is 1. The van der Waals surface area contributed by atoms with Gasteiger partial charge in [0.25, 0.3) is 0 Å². The molecule has 110 valence electrons. The van der Waals surface area contributed by atoms with E-state index in [1.54, 1.807) is 0 Å². The van der Waals surface area contributed by atoms with Crippen molar-refractivity contribution < 1.29 is 9.90 Å². The Hall–Kier alpha value is -1.14. The monoisotopic (exact) mass is 295 g/mol. The zero-order chi connectivity index (χ0) is 14.3. The largest absolute Gasteiger partial charge is 0.477 e. The van der Waals surface area contributed by atoms with Gasteiger partial charge in [-0.15, -0.1) is 0 Å². The molecule has 1 aliphatic carbocycles. The van der Waals surface area contributed by atoms with Gasteiger partial charge >= 0.3 is 5.97 Å². The fraction of sp³-hybridized carbons (Fsp3) is 0.714.